The van der Waals surface area contributed by atoms with E-state index in [4.69, 9.17) is 4.74 Å². The van der Waals surface area contributed by atoms with E-state index in [0.29, 0.717) is 12.5 Å². The van der Waals surface area contributed by atoms with E-state index in [1.165, 1.54) is 22.3 Å². The number of amides is 1. The molecule has 0 saturated carbocycles. The van der Waals surface area contributed by atoms with Gasteiger partial charge in [-0.2, -0.15) is 0 Å². The Bertz CT molecular complexity index is 482. The Hall–Kier alpha value is -1.51. The molecule has 0 bridgehead atoms. The van der Waals surface area contributed by atoms with Crippen LogP contribution in [0, 0.1) is 13.8 Å². The first-order chi connectivity index (χ1) is 9.06. The molecule has 2 atom stereocenters. The molecule has 1 aromatic carbocycles. The largest absolute Gasteiger partial charge is 0.450 e. The Kier molecular flexibility index (Phi) is 4.13. The van der Waals surface area contributed by atoms with Gasteiger partial charge in [0.05, 0.1) is 12.6 Å². The zero-order valence-electron chi connectivity index (χ0n) is 12.2. The Morgan fingerprint density at radius 3 is 2.74 bits per heavy atom. The predicted molar refractivity (Wildman–Crippen MR) is 76.5 cm³/mol. The van der Waals surface area contributed by atoms with E-state index in [1.54, 1.807) is 0 Å². The highest BCUT2D eigenvalue weighted by atomic mass is 16.5. The van der Waals surface area contributed by atoms with Crippen LogP contribution in [0.4, 0.5) is 4.79 Å². The summed E-state index contributed by atoms with van der Waals surface area (Å²) in [6.07, 6.45) is 1.78. The van der Waals surface area contributed by atoms with Crippen LogP contribution in [0.25, 0.3) is 0 Å². The Balaban J connectivity index is 2.29. The third-order valence-corrected chi connectivity index (χ3v) is 3.93. The zero-order chi connectivity index (χ0) is 14.0. The second kappa shape index (κ2) is 5.64. The number of aryl methyl sites for hydroxylation is 2. The molecule has 2 unspecified atom stereocenters. The van der Waals surface area contributed by atoms with Gasteiger partial charge in [-0.15, -0.1) is 0 Å². The molecule has 2 rings (SSSR count). The van der Waals surface area contributed by atoms with Gasteiger partial charge in [-0.25, -0.2) is 4.79 Å². The van der Waals surface area contributed by atoms with Gasteiger partial charge in [-0.05, 0) is 56.2 Å². The molecule has 19 heavy (non-hydrogen) atoms. The van der Waals surface area contributed by atoms with Crippen LogP contribution < -0.4 is 5.32 Å². The van der Waals surface area contributed by atoms with Crippen LogP contribution in [0.15, 0.2) is 12.1 Å². The summed E-state index contributed by atoms with van der Waals surface area (Å²) in [5.41, 5.74) is 5.27. The van der Waals surface area contributed by atoms with Crippen molar-refractivity contribution in [1.29, 1.82) is 0 Å². The number of hydrogen-bond donors (Lipinski definition) is 1. The maximum atomic E-state index is 11.6. The van der Waals surface area contributed by atoms with Gasteiger partial charge in [-0.3, -0.25) is 0 Å². The highest BCUT2D eigenvalue weighted by Gasteiger charge is 2.32. The van der Waals surface area contributed by atoms with E-state index >= 15 is 0 Å². The van der Waals surface area contributed by atoms with Gasteiger partial charge in [0.15, 0.2) is 0 Å². The molecule has 0 radical (unpaired) electrons. The molecule has 0 aromatic heterocycles. The molecule has 3 nitrogen and oxygen atoms in total. The molecular weight excluding hydrogens is 238 g/mol. The molecule has 1 aliphatic carbocycles. The molecule has 104 valence electrons. The Morgan fingerprint density at radius 2 is 2.11 bits per heavy atom. The van der Waals surface area contributed by atoms with Crippen LogP contribution in [0.1, 0.15) is 60.9 Å². The molecule has 0 heterocycles. The number of benzene rings is 1. The first-order valence-corrected chi connectivity index (χ1v) is 7.11. The quantitative estimate of drug-likeness (QED) is 0.893. The van der Waals surface area contributed by atoms with Crippen LogP contribution in [-0.2, 0) is 4.74 Å². The molecule has 1 aliphatic rings. The number of alkyl carbamates (subject to hydrolysis) is 1. The molecule has 1 amide bonds. The number of ether oxygens (including phenoxy) is 1. The lowest BCUT2D eigenvalue weighted by Gasteiger charge is -2.16. The van der Waals surface area contributed by atoms with Crippen molar-refractivity contribution in [3.05, 3.63) is 34.4 Å². The number of rotatable bonds is 3. The van der Waals surface area contributed by atoms with E-state index in [9.17, 15) is 4.79 Å². The minimum Gasteiger partial charge on any atom is -0.450 e. The van der Waals surface area contributed by atoms with Crippen molar-refractivity contribution < 1.29 is 9.53 Å². The summed E-state index contributed by atoms with van der Waals surface area (Å²) < 4.78 is 5.00. The standard InChI is InChI=1S/C16H23NO2/c1-5-12-9-14(17-16(18)19-6-2)15-11(4)7-10(3)8-13(12)15/h7-8,12,14H,5-6,9H2,1-4H3,(H,17,18). The van der Waals surface area contributed by atoms with Gasteiger partial charge in [0, 0.05) is 0 Å². The van der Waals surface area contributed by atoms with Crippen molar-refractivity contribution >= 4 is 6.09 Å². The summed E-state index contributed by atoms with van der Waals surface area (Å²) in [5, 5.41) is 3.00. The van der Waals surface area contributed by atoms with Crippen LogP contribution in [-0.4, -0.2) is 12.7 Å². The third-order valence-electron chi connectivity index (χ3n) is 3.93. The SMILES string of the molecule is CCOC(=O)NC1CC(CC)c2cc(C)cc(C)c21. The van der Waals surface area contributed by atoms with Crippen molar-refractivity contribution in [2.24, 2.45) is 0 Å². The number of carbonyl (C=O) groups is 1. The summed E-state index contributed by atoms with van der Waals surface area (Å²) in [7, 11) is 0. The Morgan fingerprint density at radius 1 is 1.37 bits per heavy atom. The summed E-state index contributed by atoms with van der Waals surface area (Å²) >= 11 is 0. The fourth-order valence-corrected chi connectivity index (χ4v) is 3.19. The second-order valence-corrected chi connectivity index (χ2v) is 5.34. The van der Waals surface area contributed by atoms with E-state index in [0.717, 1.165) is 12.8 Å². The molecule has 0 fully saturated rings. The van der Waals surface area contributed by atoms with Gasteiger partial charge in [0.2, 0.25) is 0 Å². The highest BCUT2D eigenvalue weighted by Crippen LogP contribution is 2.44. The smallest absolute Gasteiger partial charge is 0.407 e. The average molecular weight is 261 g/mol. The number of carbonyl (C=O) groups excluding carboxylic acids is 1. The maximum absolute atomic E-state index is 11.6. The van der Waals surface area contributed by atoms with E-state index < -0.39 is 0 Å². The van der Waals surface area contributed by atoms with Crippen molar-refractivity contribution in [2.45, 2.75) is 52.5 Å². The summed E-state index contributed by atoms with van der Waals surface area (Å²) in [6.45, 7) is 8.70. The monoisotopic (exact) mass is 261 g/mol. The van der Waals surface area contributed by atoms with Crippen molar-refractivity contribution in [3.63, 3.8) is 0 Å². The van der Waals surface area contributed by atoms with E-state index in [2.05, 4.69) is 38.2 Å². The van der Waals surface area contributed by atoms with Gasteiger partial charge in [-0.1, -0.05) is 24.6 Å². The fourth-order valence-electron chi connectivity index (χ4n) is 3.19. The second-order valence-electron chi connectivity index (χ2n) is 5.34. The van der Waals surface area contributed by atoms with Crippen molar-refractivity contribution in [3.8, 4) is 0 Å². The predicted octanol–water partition coefficient (Wildman–Crippen LogP) is 3.99. The van der Waals surface area contributed by atoms with Gasteiger partial charge in [0.1, 0.15) is 0 Å². The first-order valence-electron chi connectivity index (χ1n) is 7.11. The Labute approximate surface area is 115 Å². The van der Waals surface area contributed by atoms with Gasteiger partial charge < -0.3 is 10.1 Å². The van der Waals surface area contributed by atoms with Crippen LogP contribution in [0.5, 0.6) is 0 Å². The topological polar surface area (TPSA) is 38.3 Å². The molecular formula is C16H23NO2. The normalized spacial score (nSPS) is 21.1. The van der Waals surface area contributed by atoms with Crippen molar-refractivity contribution in [2.75, 3.05) is 6.61 Å². The van der Waals surface area contributed by atoms with Crippen molar-refractivity contribution in [1.82, 2.24) is 5.32 Å². The van der Waals surface area contributed by atoms with Gasteiger partial charge in [0.25, 0.3) is 0 Å². The minimum atomic E-state index is -0.310. The molecule has 1 N–H and O–H groups in total. The fraction of sp³-hybridized carbons (Fsp3) is 0.562. The molecule has 1 aromatic rings. The van der Waals surface area contributed by atoms with Gasteiger partial charge >= 0.3 is 6.09 Å². The first kappa shape index (κ1) is 13.9. The summed E-state index contributed by atoms with van der Waals surface area (Å²) in [4.78, 5) is 11.6. The summed E-state index contributed by atoms with van der Waals surface area (Å²) in [5.74, 6) is 0.542. The molecule has 0 spiro atoms. The van der Waals surface area contributed by atoms with E-state index in [-0.39, 0.29) is 12.1 Å². The number of nitrogens with one attached hydrogen (secondary N) is 1. The molecule has 3 heteroatoms. The lowest BCUT2D eigenvalue weighted by molar-refractivity contribution is 0.147. The average Bonchev–Trinajstić information content (AvgIpc) is 2.67. The van der Waals surface area contributed by atoms with Crippen LogP contribution >= 0.6 is 0 Å². The molecule has 0 aliphatic heterocycles. The minimum absolute atomic E-state index is 0.0969. The third kappa shape index (κ3) is 2.75. The zero-order valence-corrected chi connectivity index (χ0v) is 12.2. The lowest BCUT2D eigenvalue weighted by atomic mass is 9.95. The van der Waals surface area contributed by atoms with Crippen LogP contribution in [0.2, 0.25) is 0 Å². The molecule has 0 saturated heterocycles. The maximum Gasteiger partial charge on any atom is 0.407 e. The highest BCUT2D eigenvalue weighted by molar-refractivity contribution is 5.68. The number of fused-ring (bicyclic) bond motifs is 1. The summed E-state index contributed by atoms with van der Waals surface area (Å²) in [6, 6.07) is 4.56. The van der Waals surface area contributed by atoms with Crippen LogP contribution in [0.3, 0.4) is 0 Å². The number of hydrogen-bond acceptors (Lipinski definition) is 2. The van der Waals surface area contributed by atoms with E-state index in [1.807, 2.05) is 6.92 Å². The lowest BCUT2D eigenvalue weighted by Crippen LogP contribution is -2.28.